The van der Waals surface area contributed by atoms with Crippen molar-refractivity contribution in [2.75, 3.05) is 33.1 Å². The molecule has 0 bridgehead atoms. The Morgan fingerprint density at radius 2 is 1.71 bits per heavy atom. The summed E-state index contributed by atoms with van der Waals surface area (Å²) in [5.41, 5.74) is -0.276. The first kappa shape index (κ1) is 35.4. The monoisotopic (exact) mass is 622 g/mol. The number of hydrogen-bond acceptors (Lipinski definition) is 8. The number of nitrogens with one attached hydrogen (secondary N) is 3. The minimum Gasteiger partial charge on any atom is -0.379 e. The van der Waals surface area contributed by atoms with Crippen LogP contribution in [0.2, 0.25) is 0 Å². The molecule has 0 aromatic heterocycles. The van der Waals surface area contributed by atoms with Gasteiger partial charge in [0.05, 0.1) is 35.5 Å². The smallest absolute Gasteiger partial charge is 0.379 e. The number of likely N-dealkylation sites (tertiary alicyclic amines) is 1. The Morgan fingerprint density at radius 1 is 1.10 bits per heavy atom. The zero-order chi connectivity index (χ0) is 31.8. The molecule has 238 valence electrons. The minimum atomic E-state index is -5.11. The van der Waals surface area contributed by atoms with Gasteiger partial charge in [-0.1, -0.05) is 27.2 Å². The molecule has 15 heteroatoms. The zero-order valence-corrected chi connectivity index (χ0v) is 25.5. The van der Waals surface area contributed by atoms with E-state index in [1.807, 2.05) is 11.8 Å². The normalized spacial score (nSPS) is 19.5. The molecule has 0 aliphatic carbocycles. The number of methoxy groups -OCH3 is 2. The predicted octanol–water partition coefficient (Wildman–Crippen LogP) is 2.67. The number of amides is 3. The molecule has 1 aliphatic rings. The second kappa shape index (κ2) is 15.1. The van der Waals surface area contributed by atoms with Crippen LogP contribution in [0.1, 0.15) is 46.5 Å². The average molecular weight is 623 g/mol. The lowest BCUT2D eigenvalue weighted by Gasteiger charge is -2.36. The van der Waals surface area contributed by atoms with Crippen LogP contribution in [0.15, 0.2) is 29.2 Å². The number of rotatable bonds is 14. The van der Waals surface area contributed by atoms with Crippen molar-refractivity contribution in [1.29, 1.82) is 0 Å². The highest BCUT2D eigenvalue weighted by molar-refractivity contribution is 7.90. The summed E-state index contributed by atoms with van der Waals surface area (Å²) in [6.45, 7) is 6.08. The topological polar surface area (TPSA) is 143 Å². The quantitative estimate of drug-likeness (QED) is 0.288. The van der Waals surface area contributed by atoms with Gasteiger partial charge in [-0.15, -0.1) is 0 Å². The lowest BCUT2D eigenvalue weighted by atomic mass is 9.91. The number of carbonyl (C=O) groups is 3. The van der Waals surface area contributed by atoms with Crippen LogP contribution >= 0.6 is 0 Å². The van der Waals surface area contributed by atoms with Gasteiger partial charge in [0, 0.05) is 32.5 Å². The van der Waals surface area contributed by atoms with Crippen molar-refractivity contribution >= 4 is 33.4 Å². The molecule has 1 fully saturated rings. The number of halogens is 3. The second-order valence-corrected chi connectivity index (χ2v) is 12.1. The van der Waals surface area contributed by atoms with Crippen molar-refractivity contribution in [1.82, 2.24) is 14.9 Å². The highest BCUT2D eigenvalue weighted by Gasteiger charge is 2.42. The van der Waals surface area contributed by atoms with Crippen molar-refractivity contribution in [2.45, 2.75) is 81.8 Å². The molecule has 6 atom stereocenters. The maximum Gasteiger partial charge on any atom is 0.471 e. The highest BCUT2D eigenvalue weighted by Crippen LogP contribution is 2.29. The molecule has 1 aliphatic heterocycles. The first-order valence-electron chi connectivity index (χ1n) is 13.7. The first-order chi connectivity index (χ1) is 19.6. The van der Waals surface area contributed by atoms with Crippen molar-refractivity contribution in [3.63, 3.8) is 0 Å². The Labute approximate surface area is 244 Å². The molecule has 42 heavy (non-hydrogen) atoms. The second-order valence-electron chi connectivity index (χ2n) is 10.4. The minimum absolute atomic E-state index is 0.0480. The molecule has 1 saturated heterocycles. The molecule has 3 amide bonds. The summed E-state index contributed by atoms with van der Waals surface area (Å²) in [5, 5.41) is 4.85. The van der Waals surface area contributed by atoms with Crippen LogP contribution in [-0.2, 0) is 33.9 Å². The third-order valence-electron chi connectivity index (χ3n) is 7.76. The van der Waals surface area contributed by atoms with E-state index in [9.17, 15) is 36.0 Å². The maximum absolute atomic E-state index is 13.4. The molecule has 2 rings (SSSR count). The fraction of sp³-hybridized carbons (Fsp3) is 0.667. The van der Waals surface area contributed by atoms with Crippen molar-refractivity contribution in [3.05, 3.63) is 24.3 Å². The number of anilines is 1. The molecular formula is C27H41F3N4O7S. The van der Waals surface area contributed by atoms with Crippen molar-refractivity contribution < 1.29 is 45.4 Å². The van der Waals surface area contributed by atoms with Gasteiger partial charge >= 0.3 is 12.1 Å². The van der Waals surface area contributed by atoms with Crippen LogP contribution < -0.4 is 15.4 Å². The van der Waals surface area contributed by atoms with Gasteiger partial charge in [-0.3, -0.25) is 14.4 Å². The molecule has 1 heterocycles. The molecule has 1 aromatic rings. The summed E-state index contributed by atoms with van der Waals surface area (Å²) in [6, 6.07) is 3.34. The third kappa shape index (κ3) is 8.88. The molecule has 0 saturated carbocycles. The van der Waals surface area contributed by atoms with E-state index in [1.54, 1.807) is 17.3 Å². The SMILES string of the molecule is CC[C@H](C)[C@H](NC)[C@@H](CC(=O)N1CCC[C@H]1[C@H](OC)[C@@H](C)C(=O)NS(=O)(=O)c1ccc(NC(=O)C(F)(F)F)cc1)OC. The fourth-order valence-corrected chi connectivity index (χ4v) is 6.29. The molecule has 3 N–H and O–H groups in total. The van der Waals surface area contributed by atoms with Gasteiger partial charge in [0.2, 0.25) is 11.8 Å². The van der Waals surface area contributed by atoms with Crippen LogP contribution in [0.5, 0.6) is 0 Å². The van der Waals surface area contributed by atoms with Gasteiger partial charge in [-0.2, -0.15) is 13.2 Å². The van der Waals surface area contributed by atoms with Gasteiger partial charge < -0.3 is 25.0 Å². The number of ether oxygens (including phenoxy) is 2. The van der Waals surface area contributed by atoms with Crippen LogP contribution in [0.25, 0.3) is 0 Å². The molecule has 0 spiro atoms. The Morgan fingerprint density at radius 3 is 2.21 bits per heavy atom. The molecule has 0 unspecified atom stereocenters. The maximum atomic E-state index is 13.4. The highest BCUT2D eigenvalue weighted by atomic mass is 32.2. The fourth-order valence-electron chi connectivity index (χ4n) is 5.23. The van der Waals surface area contributed by atoms with E-state index in [2.05, 4.69) is 19.2 Å². The Bertz CT molecular complexity index is 1180. The van der Waals surface area contributed by atoms with E-state index >= 15 is 0 Å². The third-order valence-corrected chi connectivity index (χ3v) is 9.12. The van der Waals surface area contributed by atoms with E-state index in [-0.39, 0.29) is 36.1 Å². The van der Waals surface area contributed by atoms with Gasteiger partial charge in [-0.05, 0) is 50.1 Å². The summed E-state index contributed by atoms with van der Waals surface area (Å²) < 4.78 is 76.3. The van der Waals surface area contributed by atoms with E-state index in [1.165, 1.54) is 14.0 Å². The Hall–Kier alpha value is -2.75. The zero-order valence-electron chi connectivity index (χ0n) is 24.7. The average Bonchev–Trinajstić information content (AvgIpc) is 3.42. The van der Waals surface area contributed by atoms with Crippen molar-refractivity contribution in [3.8, 4) is 0 Å². The predicted molar refractivity (Wildman–Crippen MR) is 149 cm³/mol. The number of sulfonamides is 1. The lowest BCUT2D eigenvalue weighted by molar-refractivity contribution is -0.167. The number of hydrogen-bond donors (Lipinski definition) is 3. The summed E-state index contributed by atoms with van der Waals surface area (Å²) in [7, 11) is 0.354. The van der Waals surface area contributed by atoms with Gasteiger partial charge in [-0.25, -0.2) is 13.1 Å². The van der Waals surface area contributed by atoms with E-state index in [0.717, 1.165) is 30.7 Å². The van der Waals surface area contributed by atoms with Crippen molar-refractivity contribution in [2.24, 2.45) is 11.8 Å². The van der Waals surface area contributed by atoms with Gasteiger partial charge in [0.25, 0.3) is 10.0 Å². The summed E-state index contributed by atoms with van der Waals surface area (Å²) in [6.07, 6.45) is -4.06. The van der Waals surface area contributed by atoms with E-state index < -0.39 is 51.0 Å². The van der Waals surface area contributed by atoms with E-state index in [0.29, 0.717) is 19.4 Å². The Balaban J connectivity index is 2.13. The summed E-state index contributed by atoms with van der Waals surface area (Å²) in [5.74, 6) is -3.98. The van der Waals surface area contributed by atoms with Crippen LogP contribution in [0.3, 0.4) is 0 Å². The molecular weight excluding hydrogens is 581 g/mol. The van der Waals surface area contributed by atoms with Gasteiger partial charge in [0.1, 0.15) is 0 Å². The summed E-state index contributed by atoms with van der Waals surface area (Å²) >= 11 is 0. The standard InChI is InChI=1S/C27H41F3N4O7S/c1-7-16(2)23(31-4)21(40-5)15-22(35)34-14-8-9-20(34)24(41-6)17(3)25(36)33-42(38,39)19-12-10-18(11-13-19)32-26(37)27(28,29)30/h10-13,16-17,20-21,23-24,31H,7-9,14-15H2,1-6H3,(H,32,37)(H,33,36)/t16-,17+,20-,21+,23-,24+/m0/s1. The lowest BCUT2D eigenvalue weighted by Crippen LogP contribution is -2.52. The first-order valence-corrected chi connectivity index (χ1v) is 15.2. The Kier molecular flexibility index (Phi) is 12.8. The number of nitrogens with zero attached hydrogens (tertiary/aromatic N) is 1. The van der Waals surface area contributed by atoms with Crippen LogP contribution in [-0.4, -0.2) is 89.3 Å². The number of likely N-dealkylation sites (N-methyl/N-ethyl adjacent to an activating group) is 1. The van der Waals surface area contributed by atoms with Crippen LogP contribution in [0, 0.1) is 11.8 Å². The number of alkyl halides is 3. The van der Waals surface area contributed by atoms with E-state index in [4.69, 9.17) is 9.47 Å². The van der Waals surface area contributed by atoms with Crippen LogP contribution in [0.4, 0.5) is 18.9 Å². The molecule has 11 nitrogen and oxygen atoms in total. The van der Waals surface area contributed by atoms with Gasteiger partial charge in [0.15, 0.2) is 0 Å². The number of carbonyl (C=O) groups excluding carboxylic acids is 3. The largest absolute Gasteiger partial charge is 0.471 e. The molecule has 1 aromatic carbocycles. The summed E-state index contributed by atoms with van der Waals surface area (Å²) in [4.78, 5) is 38.8. The number of benzene rings is 1. The molecule has 0 radical (unpaired) electrons.